The van der Waals surface area contributed by atoms with Gasteiger partial charge in [0.2, 0.25) is 10.0 Å². The number of aliphatic hydroxyl groups excluding tert-OH is 1. The van der Waals surface area contributed by atoms with Crippen molar-refractivity contribution in [3.05, 3.63) is 21.1 Å². The quantitative estimate of drug-likeness (QED) is 0.725. The molecule has 0 spiro atoms. The van der Waals surface area contributed by atoms with Crippen LogP contribution in [0.25, 0.3) is 0 Å². The fraction of sp³-hybridized carbons (Fsp3) is 0.455. The van der Waals surface area contributed by atoms with E-state index in [2.05, 4.69) is 31.9 Å². The van der Waals surface area contributed by atoms with Crippen molar-refractivity contribution in [2.24, 2.45) is 0 Å². The summed E-state index contributed by atoms with van der Waals surface area (Å²) in [4.78, 5) is 0.0600. The predicted octanol–water partition coefficient (Wildman–Crippen LogP) is 1.94. The molecule has 2 rings (SSSR count). The van der Waals surface area contributed by atoms with E-state index in [1.54, 1.807) is 12.1 Å². The second-order valence-electron chi connectivity index (χ2n) is 4.47. The predicted molar refractivity (Wildman–Crippen MR) is 80.3 cm³/mol. The Morgan fingerprint density at radius 3 is 2.63 bits per heavy atom. The Hall–Kier alpha value is -0.150. The number of nitrogen functional groups attached to an aromatic ring is 1. The minimum atomic E-state index is -3.69. The number of hydrogen-bond acceptors (Lipinski definition) is 4. The molecule has 1 heterocycles. The highest BCUT2D eigenvalue weighted by Gasteiger charge is 2.32. The van der Waals surface area contributed by atoms with Crippen molar-refractivity contribution in [3.8, 4) is 0 Å². The molecule has 0 aliphatic carbocycles. The normalized spacial score (nSPS) is 21.5. The molecule has 1 unspecified atom stereocenters. The zero-order valence-corrected chi connectivity index (χ0v) is 14.0. The van der Waals surface area contributed by atoms with E-state index in [0.717, 1.165) is 0 Å². The molecule has 8 heteroatoms. The first-order chi connectivity index (χ1) is 8.82. The monoisotopic (exact) mass is 412 g/mol. The van der Waals surface area contributed by atoms with Crippen molar-refractivity contribution in [2.75, 3.05) is 18.8 Å². The van der Waals surface area contributed by atoms with E-state index in [9.17, 15) is 13.5 Å². The Morgan fingerprint density at radius 2 is 2.05 bits per heavy atom. The molecule has 0 amide bonds. The molecule has 1 fully saturated rings. The van der Waals surface area contributed by atoms with Gasteiger partial charge in [-0.2, -0.15) is 4.31 Å². The number of benzene rings is 1. The van der Waals surface area contributed by atoms with Gasteiger partial charge < -0.3 is 10.8 Å². The highest BCUT2D eigenvalue weighted by atomic mass is 79.9. The molecular formula is C11H14Br2N2O3S. The van der Waals surface area contributed by atoms with Gasteiger partial charge in [0.15, 0.2) is 0 Å². The van der Waals surface area contributed by atoms with Crippen LogP contribution in [0.15, 0.2) is 26.0 Å². The molecule has 1 atom stereocenters. The van der Waals surface area contributed by atoms with E-state index in [0.29, 0.717) is 28.3 Å². The molecule has 1 aromatic rings. The van der Waals surface area contributed by atoms with Gasteiger partial charge in [0.25, 0.3) is 0 Å². The minimum Gasteiger partial charge on any atom is -0.398 e. The second-order valence-corrected chi connectivity index (χ2v) is 8.11. The van der Waals surface area contributed by atoms with Crippen LogP contribution >= 0.6 is 31.9 Å². The number of anilines is 1. The molecular weight excluding hydrogens is 400 g/mol. The summed E-state index contributed by atoms with van der Waals surface area (Å²) < 4.78 is 27.6. The number of hydrogen-bond donors (Lipinski definition) is 2. The molecule has 19 heavy (non-hydrogen) atoms. The van der Waals surface area contributed by atoms with E-state index in [1.165, 1.54) is 4.31 Å². The summed E-state index contributed by atoms with van der Waals surface area (Å²) in [5, 5.41) is 9.62. The van der Waals surface area contributed by atoms with E-state index in [-0.39, 0.29) is 17.1 Å². The average molecular weight is 414 g/mol. The van der Waals surface area contributed by atoms with Gasteiger partial charge in [0, 0.05) is 22.0 Å². The highest BCUT2D eigenvalue weighted by molar-refractivity contribution is 9.11. The van der Waals surface area contributed by atoms with Crippen molar-refractivity contribution in [2.45, 2.75) is 23.8 Å². The van der Waals surface area contributed by atoms with Gasteiger partial charge in [-0.05, 0) is 40.9 Å². The minimum absolute atomic E-state index is 0.0600. The Balaban J connectivity index is 2.45. The van der Waals surface area contributed by atoms with Crippen molar-refractivity contribution in [3.63, 3.8) is 0 Å². The number of sulfonamides is 1. The van der Waals surface area contributed by atoms with Gasteiger partial charge in [0.05, 0.1) is 11.8 Å². The van der Waals surface area contributed by atoms with Crippen molar-refractivity contribution >= 4 is 47.6 Å². The number of rotatable bonds is 2. The van der Waals surface area contributed by atoms with Gasteiger partial charge >= 0.3 is 0 Å². The summed E-state index contributed by atoms with van der Waals surface area (Å²) in [6.07, 6.45) is 0.663. The molecule has 0 radical (unpaired) electrons. The first kappa shape index (κ1) is 15.2. The summed E-state index contributed by atoms with van der Waals surface area (Å²) in [6.45, 7) is 0.519. The molecule has 0 aromatic heterocycles. The van der Waals surface area contributed by atoms with Gasteiger partial charge in [-0.3, -0.25) is 0 Å². The summed E-state index contributed by atoms with van der Waals surface area (Å²) in [5.74, 6) is 0. The van der Waals surface area contributed by atoms with E-state index < -0.39 is 16.1 Å². The molecule has 106 valence electrons. The number of halogens is 2. The Labute approximate surface area is 129 Å². The van der Waals surface area contributed by atoms with Crippen LogP contribution < -0.4 is 5.73 Å². The van der Waals surface area contributed by atoms with E-state index in [1.807, 2.05) is 0 Å². The Morgan fingerprint density at radius 1 is 1.37 bits per heavy atom. The van der Waals surface area contributed by atoms with Crippen LogP contribution in [0, 0.1) is 0 Å². The van der Waals surface area contributed by atoms with Crippen LogP contribution in [0.5, 0.6) is 0 Å². The molecule has 1 aliphatic rings. The lowest BCUT2D eigenvalue weighted by Gasteiger charge is -2.29. The molecule has 1 saturated heterocycles. The number of aliphatic hydroxyl groups is 1. The van der Waals surface area contributed by atoms with Crippen LogP contribution in [-0.2, 0) is 10.0 Å². The zero-order valence-electron chi connectivity index (χ0n) is 10.0. The van der Waals surface area contributed by atoms with Gasteiger partial charge in [-0.1, -0.05) is 15.9 Å². The maximum atomic E-state index is 12.6. The van der Waals surface area contributed by atoms with Crippen LogP contribution in [0.1, 0.15) is 12.8 Å². The summed E-state index contributed by atoms with van der Waals surface area (Å²) >= 11 is 6.50. The van der Waals surface area contributed by atoms with Crippen LogP contribution in [0.2, 0.25) is 0 Å². The van der Waals surface area contributed by atoms with Crippen molar-refractivity contribution in [1.82, 2.24) is 4.31 Å². The van der Waals surface area contributed by atoms with Crippen LogP contribution in [-0.4, -0.2) is 37.0 Å². The highest BCUT2D eigenvalue weighted by Crippen LogP contribution is 2.34. The third-order valence-corrected chi connectivity index (χ3v) is 6.32. The molecule has 0 saturated carbocycles. The summed E-state index contributed by atoms with van der Waals surface area (Å²) in [7, 11) is -3.69. The molecule has 1 aliphatic heterocycles. The third-order valence-electron chi connectivity index (χ3n) is 2.99. The number of β-amino-alcohol motifs (C(OH)–C–C–N with tert-alkyl or cyclic N) is 1. The van der Waals surface area contributed by atoms with E-state index >= 15 is 0 Å². The van der Waals surface area contributed by atoms with Gasteiger partial charge in [-0.25, -0.2) is 8.42 Å². The fourth-order valence-electron chi connectivity index (χ4n) is 2.12. The first-order valence-electron chi connectivity index (χ1n) is 5.75. The molecule has 3 N–H and O–H groups in total. The SMILES string of the molecule is Nc1cc(Br)cc(Br)c1S(=O)(=O)N1CCCC(O)C1. The average Bonchev–Trinajstić information content (AvgIpc) is 2.26. The largest absolute Gasteiger partial charge is 0.398 e. The van der Waals surface area contributed by atoms with Crippen molar-refractivity contribution in [1.29, 1.82) is 0 Å². The van der Waals surface area contributed by atoms with Gasteiger partial charge in [0.1, 0.15) is 4.90 Å². The lowest BCUT2D eigenvalue weighted by molar-refractivity contribution is 0.108. The lowest BCUT2D eigenvalue weighted by Crippen LogP contribution is -2.42. The molecule has 1 aromatic carbocycles. The van der Waals surface area contributed by atoms with E-state index in [4.69, 9.17) is 5.73 Å². The smallest absolute Gasteiger partial charge is 0.246 e. The maximum Gasteiger partial charge on any atom is 0.246 e. The Kier molecular flexibility index (Phi) is 4.56. The standard InChI is InChI=1S/C11H14Br2N2O3S/c12-7-4-9(13)11(10(14)5-7)19(17,18)15-3-1-2-8(16)6-15/h4-5,8,16H,1-3,6,14H2. The maximum absolute atomic E-state index is 12.6. The second kappa shape index (κ2) is 5.69. The van der Waals surface area contributed by atoms with Crippen LogP contribution in [0.4, 0.5) is 5.69 Å². The summed E-state index contributed by atoms with van der Waals surface area (Å²) in [5.41, 5.74) is 6.00. The first-order valence-corrected chi connectivity index (χ1v) is 8.77. The number of piperidine rings is 1. The Bertz CT molecular complexity index is 569. The molecule has 0 bridgehead atoms. The topological polar surface area (TPSA) is 83.6 Å². The number of nitrogens with zero attached hydrogens (tertiary/aromatic N) is 1. The zero-order chi connectivity index (χ0) is 14.2. The number of nitrogens with two attached hydrogens (primary N) is 1. The lowest BCUT2D eigenvalue weighted by atomic mass is 10.1. The third kappa shape index (κ3) is 3.13. The fourth-order valence-corrected chi connectivity index (χ4v) is 5.65. The van der Waals surface area contributed by atoms with Gasteiger partial charge in [-0.15, -0.1) is 0 Å². The van der Waals surface area contributed by atoms with Crippen LogP contribution in [0.3, 0.4) is 0 Å². The summed E-state index contributed by atoms with van der Waals surface area (Å²) in [6, 6.07) is 3.20. The molecule has 5 nitrogen and oxygen atoms in total. The van der Waals surface area contributed by atoms with Crippen molar-refractivity contribution < 1.29 is 13.5 Å².